The minimum absolute atomic E-state index is 0.101. The summed E-state index contributed by atoms with van der Waals surface area (Å²) in [6, 6.07) is 18.6. The third kappa shape index (κ3) is 2.95. The van der Waals surface area contributed by atoms with Crippen LogP contribution in [-0.4, -0.2) is 25.1 Å². The van der Waals surface area contributed by atoms with Crippen molar-refractivity contribution in [2.24, 2.45) is 0 Å². The van der Waals surface area contributed by atoms with Crippen LogP contribution in [0.15, 0.2) is 66.9 Å². The quantitative estimate of drug-likeness (QED) is 0.747. The van der Waals surface area contributed by atoms with Crippen LogP contribution in [0.2, 0.25) is 0 Å². The number of rotatable bonds is 5. The van der Waals surface area contributed by atoms with Gasteiger partial charge in [0.05, 0.1) is 31.2 Å². The van der Waals surface area contributed by atoms with Crippen LogP contribution in [0.25, 0.3) is 0 Å². The Morgan fingerprint density at radius 3 is 2.48 bits per heavy atom. The first-order valence-electron chi connectivity index (χ1n) is 8.55. The van der Waals surface area contributed by atoms with Gasteiger partial charge in [-0.05, 0) is 48.5 Å². The first kappa shape index (κ1) is 16.9. The number of ether oxygens (including phenoxy) is 2. The van der Waals surface area contributed by atoms with Crippen molar-refractivity contribution >= 4 is 17.3 Å². The Morgan fingerprint density at radius 2 is 1.74 bits per heavy atom. The summed E-state index contributed by atoms with van der Waals surface area (Å²) in [6.45, 7) is 0. The van der Waals surface area contributed by atoms with Gasteiger partial charge in [0.2, 0.25) is 0 Å². The molecule has 1 aliphatic heterocycles. The summed E-state index contributed by atoms with van der Waals surface area (Å²) >= 11 is 0. The number of carbonyl (C=O) groups is 1. The van der Waals surface area contributed by atoms with Gasteiger partial charge in [-0.3, -0.25) is 14.7 Å². The average Bonchev–Trinajstić information content (AvgIpc) is 3.00. The van der Waals surface area contributed by atoms with E-state index in [1.165, 1.54) is 0 Å². The summed E-state index contributed by atoms with van der Waals surface area (Å²) in [5.74, 6) is 1.33. The normalized spacial score (nSPS) is 15.4. The Labute approximate surface area is 157 Å². The van der Waals surface area contributed by atoms with Crippen LogP contribution in [0, 0.1) is 0 Å². The summed E-state index contributed by atoms with van der Waals surface area (Å²) in [5, 5.41) is 3.41. The van der Waals surface area contributed by atoms with Gasteiger partial charge in [0.25, 0.3) is 5.91 Å². The molecule has 3 aromatic rings. The lowest BCUT2D eigenvalue weighted by Gasteiger charge is -2.27. The predicted octanol–water partition coefficient (Wildman–Crippen LogP) is 3.87. The molecule has 6 nitrogen and oxygen atoms in total. The number of anilines is 2. The second-order valence-corrected chi connectivity index (χ2v) is 6.06. The summed E-state index contributed by atoms with van der Waals surface area (Å²) in [7, 11) is 3.23. The SMILES string of the molecule is COc1ccc(N2C(=O)c3cccnc3C2Nc2ccccc2OC)cc1. The number of nitrogens with zero attached hydrogens (tertiary/aromatic N) is 2. The van der Waals surface area contributed by atoms with E-state index in [9.17, 15) is 4.79 Å². The zero-order valence-corrected chi connectivity index (χ0v) is 15.0. The van der Waals surface area contributed by atoms with Crippen molar-refractivity contribution in [1.29, 1.82) is 0 Å². The Morgan fingerprint density at radius 1 is 0.963 bits per heavy atom. The van der Waals surface area contributed by atoms with E-state index in [0.29, 0.717) is 17.0 Å². The van der Waals surface area contributed by atoms with Crippen molar-refractivity contribution in [1.82, 2.24) is 4.98 Å². The zero-order valence-electron chi connectivity index (χ0n) is 15.0. The van der Waals surface area contributed by atoms with E-state index in [1.807, 2.05) is 48.5 Å². The van der Waals surface area contributed by atoms with Crippen molar-refractivity contribution in [2.75, 3.05) is 24.4 Å². The van der Waals surface area contributed by atoms with Crippen LogP contribution < -0.4 is 19.7 Å². The summed E-state index contributed by atoms with van der Waals surface area (Å²) in [4.78, 5) is 19.2. The van der Waals surface area contributed by atoms with Crippen molar-refractivity contribution < 1.29 is 14.3 Å². The van der Waals surface area contributed by atoms with Crippen molar-refractivity contribution in [2.45, 2.75) is 6.17 Å². The minimum Gasteiger partial charge on any atom is -0.497 e. The number of benzene rings is 2. The lowest BCUT2D eigenvalue weighted by Crippen LogP contribution is -2.32. The number of hydrogen-bond acceptors (Lipinski definition) is 5. The van der Waals surface area contributed by atoms with Crippen LogP contribution in [0.1, 0.15) is 22.2 Å². The van der Waals surface area contributed by atoms with Crippen LogP contribution in [0.5, 0.6) is 11.5 Å². The van der Waals surface area contributed by atoms with Gasteiger partial charge in [0.1, 0.15) is 11.5 Å². The number of aromatic nitrogens is 1. The second-order valence-electron chi connectivity index (χ2n) is 6.06. The molecule has 0 saturated heterocycles. The molecular formula is C21H19N3O3. The van der Waals surface area contributed by atoms with E-state index >= 15 is 0 Å². The molecule has 1 aliphatic rings. The second kappa shape index (κ2) is 6.99. The van der Waals surface area contributed by atoms with Crippen molar-refractivity contribution in [3.8, 4) is 11.5 Å². The molecule has 136 valence electrons. The number of hydrogen-bond donors (Lipinski definition) is 1. The van der Waals surface area contributed by atoms with Crippen LogP contribution in [-0.2, 0) is 0 Å². The van der Waals surface area contributed by atoms with Crippen molar-refractivity contribution in [3.05, 3.63) is 78.1 Å². The van der Waals surface area contributed by atoms with Crippen molar-refractivity contribution in [3.63, 3.8) is 0 Å². The molecule has 0 fully saturated rings. The number of fused-ring (bicyclic) bond motifs is 1. The third-order valence-electron chi connectivity index (χ3n) is 4.55. The molecule has 1 atom stereocenters. The van der Waals surface area contributed by atoms with E-state index in [4.69, 9.17) is 9.47 Å². The van der Waals surface area contributed by atoms with Gasteiger partial charge in [0.15, 0.2) is 6.17 Å². The maximum Gasteiger partial charge on any atom is 0.262 e. The number of para-hydroxylation sites is 2. The minimum atomic E-state index is -0.446. The predicted molar refractivity (Wildman–Crippen MR) is 103 cm³/mol. The van der Waals surface area contributed by atoms with Crippen LogP contribution >= 0.6 is 0 Å². The molecule has 1 N–H and O–H groups in total. The molecule has 1 unspecified atom stereocenters. The Bertz CT molecular complexity index is 972. The number of nitrogens with one attached hydrogen (secondary N) is 1. The Kier molecular flexibility index (Phi) is 4.38. The third-order valence-corrected chi connectivity index (χ3v) is 4.55. The number of carbonyl (C=O) groups excluding carboxylic acids is 1. The molecule has 1 aromatic heterocycles. The molecule has 27 heavy (non-hydrogen) atoms. The highest BCUT2D eigenvalue weighted by Crippen LogP contribution is 2.38. The van der Waals surface area contributed by atoms with E-state index < -0.39 is 6.17 Å². The summed E-state index contributed by atoms with van der Waals surface area (Å²) in [5.41, 5.74) is 2.81. The first-order chi connectivity index (χ1) is 13.2. The fourth-order valence-corrected chi connectivity index (χ4v) is 3.24. The first-order valence-corrected chi connectivity index (χ1v) is 8.55. The monoisotopic (exact) mass is 361 g/mol. The highest BCUT2D eigenvalue weighted by molar-refractivity contribution is 6.11. The molecule has 1 amide bonds. The number of amides is 1. The molecule has 2 heterocycles. The van der Waals surface area contributed by atoms with Gasteiger partial charge < -0.3 is 14.8 Å². The smallest absolute Gasteiger partial charge is 0.262 e. The molecule has 0 spiro atoms. The fraction of sp³-hybridized carbons (Fsp3) is 0.143. The highest BCUT2D eigenvalue weighted by Gasteiger charge is 2.39. The van der Waals surface area contributed by atoms with Crippen LogP contribution in [0.3, 0.4) is 0 Å². The van der Waals surface area contributed by atoms with E-state index in [0.717, 1.165) is 17.1 Å². The average molecular weight is 361 g/mol. The van der Waals surface area contributed by atoms with Gasteiger partial charge in [0, 0.05) is 11.9 Å². The van der Waals surface area contributed by atoms with Gasteiger partial charge in [-0.25, -0.2) is 0 Å². The molecular weight excluding hydrogens is 342 g/mol. The standard InChI is InChI=1S/C21H19N3O3/c1-26-15-11-9-14(10-12-15)24-20(19-16(21(24)25)6-5-13-22-19)23-17-7-3-4-8-18(17)27-2/h3-13,20,23H,1-2H3. The number of pyridine rings is 1. The molecule has 0 saturated carbocycles. The Balaban J connectivity index is 1.77. The zero-order chi connectivity index (χ0) is 18.8. The molecule has 2 aromatic carbocycles. The van der Waals surface area contributed by atoms with Crippen LogP contribution in [0.4, 0.5) is 11.4 Å². The van der Waals surface area contributed by atoms with E-state index in [2.05, 4.69) is 10.3 Å². The Hall–Kier alpha value is -3.54. The van der Waals surface area contributed by atoms with E-state index in [-0.39, 0.29) is 5.91 Å². The molecule has 0 bridgehead atoms. The fourth-order valence-electron chi connectivity index (χ4n) is 3.24. The molecule has 4 rings (SSSR count). The maximum atomic E-state index is 13.1. The molecule has 6 heteroatoms. The number of methoxy groups -OCH3 is 2. The lowest BCUT2D eigenvalue weighted by molar-refractivity contribution is 0.0993. The van der Waals surface area contributed by atoms with E-state index in [1.54, 1.807) is 37.4 Å². The lowest BCUT2D eigenvalue weighted by atomic mass is 10.2. The summed E-state index contributed by atoms with van der Waals surface area (Å²) < 4.78 is 10.7. The largest absolute Gasteiger partial charge is 0.497 e. The topological polar surface area (TPSA) is 63.7 Å². The summed E-state index contributed by atoms with van der Waals surface area (Å²) in [6.07, 6.45) is 1.25. The van der Waals surface area contributed by atoms with Gasteiger partial charge >= 0.3 is 0 Å². The maximum absolute atomic E-state index is 13.1. The van der Waals surface area contributed by atoms with Gasteiger partial charge in [-0.2, -0.15) is 0 Å². The van der Waals surface area contributed by atoms with Gasteiger partial charge in [-0.1, -0.05) is 12.1 Å². The molecule has 0 aliphatic carbocycles. The van der Waals surface area contributed by atoms with Gasteiger partial charge in [-0.15, -0.1) is 0 Å². The molecule has 0 radical (unpaired) electrons. The highest BCUT2D eigenvalue weighted by atomic mass is 16.5.